The van der Waals surface area contributed by atoms with E-state index in [-0.39, 0.29) is 18.3 Å². The van der Waals surface area contributed by atoms with Gasteiger partial charge in [0, 0.05) is 12.2 Å². The fourth-order valence-corrected chi connectivity index (χ4v) is 2.35. The van der Waals surface area contributed by atoms with E-state index < -0.39 is 5.91 Å². The van der Waals surface area contributed by atoms with Crippen molar-refractivity contribution in [3.63, 3.8) is 0 Å². The van der Waals surface area contributed by atoms with Gasteiger partial charge in [-0.15, -0.1) is 0 Å². The van der Waals surface area contributed by atoms with Crippen molar-refractivity contribution < 1.29 is 18.8 Å². The van der Waals surface area contributed by atoms with Crippen molar-refractivity contribution in [2.24, 2.45) is 5.16 Å². The molecule has 0 aliphatic rings. The molecule has 2 N–H and O–H groups in total. The maximum absolute atomic E-state index is 12.8. The van der Waals surface area contributed by atoms with Gasteiger partial charge in [0.1, 0.15) is 12.0 Å². The standard InChI is InChI=1S/C20H22FN3O3/c1-14-3-8-18(15(2)11-14)24-19(25)12-23-27-13-20(26)22-10-9-16-4-6-17(21)7-5-16/h3-8,11-12H,9-10,13H2,1-2H3,(H,22,26)(H,24,25)/b23-12-. The zero-order valence-corrected chi connectivity index (χ0v) is 15.3. The van der Waals surface area contributed by atoms with E-state index in [0.29, 0.717) is 18.7 Å². The van der Waals surface area contributed by atoms with Gasteiger partial charge in [0.05, 0.1) is 0 Å². The number of halogens is 1. The summed E-state index contributed by atoms with van der Waals surface area (Å²) in [5, 5.41) is 8.83. The van der Waals surface area contributed by atoms with Gasteiger partial charge < -0.3 is 15.5 Å². The Labute approximate surface area is 157 Å². The van der Waals surface area contributed by atoms with Crippen molar-refractivity contribution >= 4 is 23.7 Å². The van der Waals surface area contributed by atoms with Crippen LogP contribution >= 0.6 is 0 Å². The van der Waals surface area contributed by atoms with Gasteiger partial charge in [-0.05, 0) is 49.6 Å². The van der Waals surface area contributed by atoms with E-state index in [1.807, 2.05) is 32.0 Å². The van der Waals surface area contributed by atoms with Crippen LogP contribution in [0, 0.1) is 19.7 Å². The van der Waals surface area contributed by atoms with Gasteiger partial charge in [-0.25, -0.2) is 4.39 Å². The second kappa shape index (κ2) is 10.1. The normalized spacial score (nSPS) is 10.6. The van der Waals surface area contributed by atoms with Crippen molar-refractivity contribution in [2.75, 3.05) is 18.5 Å². The Morgan fingerprint density at radius 2 is 1.89 bits per heavy atom. The summed E-state index contributed by atoms with van der Waals surface area (Å²) in [6, 6.07) is 11.7. The number of hydrogen-bond donors (Lipinski definition) is 2. The summed E-state index contributed by atoms with van der Waals surface area (Å²) in [5.74, 6) is -1.10. The highest BCUT2D eigenvalue weighted by atomic mass is 19.1. The quantitative estimate of drug-likeness (QED) is 0.553. The molecule has 2 aromatic carbocycles. The van der Waals surface area contributed by atoms with Crippen LogP contribution in [-0.2, 0) is 20.8 Å². The fourth-order valence-electron chi connectivity index (χ4n) is 2.35. The predicted molar refractivity (Wildman–Crippen MR) is 102 cm³/mol. The van der Waals surface area contributed by atoms with Gasteiger partial charge in [-0.3, -0.25) is 9.59 Å². The van der Waals surface area contributed by atoms with Crippen LogP contribution in [0.25, 0.3) is 0 Å². The molecule has 0 saturated carbocycles. The van der Waals surface area contributed by atoms with Gasteiger partial charge in [0.2, 0.25) is 0 Å². The van der Waals surface area contributed by atoms with Crippen LogP contribution < -0.4 is 10.6 Å². The van der Waals surface area contributed by atoms with Crippen molar-refractivity contribution in [1.82, 2.24) is 5.32 Å². The topological polar surface area (TPSA) is 79.8 Å². The van der Waals surface area contributed by atoms with Crippen LogP contribution in [0.3, 0.4) is 0 Å². The molecule has 0 fully saturated rings. The first-order valence-corrected chi connectivity index (χ1v) is 8.49. The second-order valence-electron chi connectivity index (χ2n) is 6.04. The zero-order valence-electron chi connectivity index (χ0n) is 15.3. The summed E-state index contributed by atoms with van der Waals surface area (Å²) in [6.45, 7) is 3.96. The lowest BCUT2D eigenvalue weighted by molar-refractivity contribution is -0.125. The third-order valence-electron chi connectivity index (χ3n) is 3.73. The first-order chi connectivity index (χ1) is 12.9. The van der Waals surface area contributed by atoms with Crippen LogP contribution in [-0.4, -0.2) is 31.2 Å². The summed E-state index contributed by atoms with van der Waals surface area (Å²) < 4.78 is 12.8. The van der Waals surface area contributed by atoms with Crippen molar-refractivity contribution in [2.45, 2.75) is 20.3 Å². The molecular formula is C20H22FN3O3. The molecule has 2 amide bonds. The molecule has 7 heteroatoms. The fraction of sp³-hybridized carbons (Fsp3) is 0.250. The number of rotatable bonds is 8. The molecular weight excluding hydrogens is 349 g/mol. The number of aryl methyl sites for hydroxylation is 2. The molecule has 0 spiro atoms. The number of anilines is 1. The lowest BCUT2D eigenvalue weighted by atomic mass is 10.1. The maximum Gasteiger partial charge on any atom is 0.270 e. The molecule has 0 aliphatic heterocycles. The monoisotopic (exact) mass is 371 g/mol. The van der Waals surface area contributed by atoms with Crippen molar-refractivity contribution in [1.29, 1.82) is 0 Å². The molecule has 0 unspecified atom stereocenters. The first-order valence-electron chi connectivity index (χ1n) is 8.49. The van der Waals surface area contributed by atoms with Gasteiger partial charge in [-0.1, -0.05) is 35.0 Å². The summed E-state index contributed by atoms with van der Waals surface area (Å²) >= 11 is 0. The minimum absolute atomic E-state index is 0.295. The molecule has 2 aromatic rings. The Bertz CT molecular complexity index is 820. The molecule has 0 heterocycles. The summed E-state index contributed by atoms with van der Waals surface area (Å²) in [6.07, 6.45) is 1.55. The predicted octanol–water partition coefficient (Wildman–Crippen LogP) is 2.74. The molecule has 0 aliphatic carbocycles. The molecule has 142 valence electrons. The molecule has 6 nitrogen and oxygen atoms in total. The number of carbonyl (C=O) groups is 2. The van der Waals surface area contributed by atoms with E-state index in [9.17, 15) is 14.0 Å². The number of nitrogens with one attached hydrogen (secondary N) is 2. The lowest BCUT2D eigenvalue weighted by Gasteiger charge is -2.07. The Morgan fingerprint density at radius 3 is 2.59 bits per heavy atom. The third kappa shape index (κ3) is 7.27. The molecule has 0 saturated heterocycles. The minimum Gasteiger partial charge on any atom is -0.386 e. The third-order valence-corrected chi connectivity index (χ3v) is 3.73. The smallest absolute Gasteiger partial charge is 0.270 e. The minimum atomic E-state index is -0.446. The number of hydrogen-bond acceptors (Lipinski definition) is 4. The van der Waals surface area contributed by atoms with Crippen LogP contribution in [0.4, 0.5) is 10.1 Å². The van der Waals surface area contributed by atoms with Gasteiger partial charge in [0.15, 0.2) is 6.61 Å². The lowest BCUT2D eigenvalue weighted by Crippen LogP contribution is -2.29. The highest BCUT2D eigenvalue weighted by molar-refractivity contribution is 6.31. The number of benzene rings is 2. The number of carbonyl (C=O) groups excluding carboxylic acids is 2. The maximum atomic E-state index is 12.8. The largest absolute Gasteiger partial charge is 0.386 e. The highest BCUT2D eigenvalue weighted by Crippen LogP contribution is 2.15. The average molecular weight is 371 g/mol. The molecule has 0 atom stereocenters. The van der Waals surface area contributed by atoms with Crippen LogP contribution in [0.1, 0.15) is 16.7 Å². The molecule has 0 radical (unpaired) electrons. The first kappa shape index (κ1) is 20.1. The van der Waals surface area contributed by atoms with E-state index >= 15 is 0 Å². The Balaban J connectivity index is 1.64. The van der Waals surface area contributed by atoms with Crippen molar-refractivity contribution in [3.8, 4) is 0 Å². The van der Waals surface area contributed by atoms with E-state index in [2.05, 4.69) is 15.8 Å². The summed E-state index contributed by atoms with van der Waals surface area (Å²) in [4.78, 5) is 28.2. The highest BCUT2D eigenvalue weighted by Gasteiger charge is 2.04. The van der Waals surface area contributed by atoms with E-state index in [1.165, 1.54) is 12.1 Å². The number of nitrogens with zero attached hydrogens (tertiary/aromatic N) is 1. The van der Waals surface area contributed by atoms with Crippen molar-refractivity contribution in [3.05, 3.63) is 65.0 Å². The second-order valence-corrected chi connectivity index (χ2v) is 6.04. The van der Waals surface area contributed by atoms with Gasteiger partial charge in [-0.2, -0.15) is 0 Å². The van der Waals surface area contributed by atoms with Crippen LogP contribution in [0.5, 0.6) is 0 Å². The SMILES string of the molecule is Cc1ccc(NC(=O)/C=N\OCC(=O)NCCc2ccc(F)cc2)c(C)c1. The number of amides is 2. The van der Waals surface area contributed by atoms with E-state index in [1.54, 1.807) is 12.1 Å². The van der Waals surface area contributed by atoms with Gasteiger partial charge >= 0.3 is 0 Å². The molecule has 2 rings (SSSR count). The summed E-state index contributed by atoms with van der Waals surface area (Å²) in [7, 11) is 0. The van der Waals surface area contributed by atoms with Crippen LogP contribution in [0.2, 0.25) is 0 Å². The average Bonchev–Trinajstić information content (AvgIpc) is 2.63. The Hall–Kier alpha value is -3.22. The molecule has 27 heavy (non-hydrogen) atoms. The molecule has 0 aromatic heterocycles. The Kier molecular flexibility index (Phi) is 7.49. The van der Waals surface area contributed by atoms with E-state index in [0.717, 1.165) is 22.9 Å². The zero-order chi connectivity index (χ0) is 19.6. The molecule has 0 bridgehead atoms. The van der Waals surface area contributed by atoms with E-state index in [4.69, 9.17) is 4.84 Å². The Morgan fingerprint density at radius 1 is 1.15 bits per heavy atom. The van der Waals surface area contributed by atoms with Crippen LogP contribution in [0.15, 0.2) is 47.6 Å². The number of oxime groups is 1. The summed E-state index contributed by atoms with van der Waals surface area (Å²) in [5.41, 5.74) is 3.65. The van der Waals surface area contributed by atoms with Gasteiger partial charge in [0.25, 0.3) is 11.8 Å².